The van der Waals surface area contributed by atoms with Crippen molar-refractivity contribution in [2.24, 2.45) is 0 Å². The van der Waals surface area contributed by atoms with E-state index >= 15 is 0 Å². The molecule has 0 aliphatic rings. The summed E-state index contributed by atoms with van der Waals surface area (Å²) in [6.07, 6.45) is 11.6. The topological polar surface area (TPSA) is 80.3 Å². The van der Waals surface area contributed by atoms with Crippen LogP contribution >= 0.6 is 0 Å². The van der Waals surface area contributed by atoms with E-state index in [1.807, 2.05) is 0 Å². The van der Waals surface area contributed by atoms with Crippen LogP contribution in [0.2, 0.25) is 0 Å². The highest BCUT2D eigenvalue weighted by atomic mass is 16.6. The van der Waals surface area contributed by atoms with Crippen LogP contribution in [0.4, 0.5) is 0 Å². The molecule has 28 heavy (non-hydrogen) atoms. The van der Waals surface area contributed by atoms with E-state index < -0.39 is 5.97 Å². The fourth-order valence-corrected chi connectivity index (χ4v) is 2.52. The van der Waals surface area contributed by atoms with Gasteiger partial charge in [0.1, 0.15) is 13.2 Å². The van der Waals surface area contributed by atoms with Crippen molar-refractivity contribution < 1.29 is 33.3 Å². The number of hydrogen-bond acceptors (Lipinski definition) is 7. The molecule has 0 aliphatic carbocycles. The van der Waals surface area contributed by atoms with Gasteiger partial charge in [-0.2, -0.15) is 0 Å². The van der Waals surface area contributed by atoms with Gasteiger partial charge < -0.3 is 23.7 Å². The van der Waals surface area contributed by atoms with E-state index in [0.29, 0.717) is 39.5 Å². The van der Waals surface area contributed by atoms with Crippen LogP contribution in [0.3, 0.4) is 0 Å². The maximum absolute atomic E-state index is 11.6. The molecular weight excluding hydrogens is 364 g/mol. The van der Waals surface area contributed by atoms with Crippen molar-refractivity contribution in [2.75, 3.05) is 53.4 Å². The number of methoxy groups -OCH3 is 1. The largest absolute Gasteiger partial charge is 0.467 e. The summed E-state index contributed by atoms with van der Waals surface area (Å²) in [6, 6.07) is 0. The standard InChI is InChI=1S/C21H40O7/c1-3-4-5-6-7-8-9-10-11-12-20(22)28-18-17-26-14-13-25-15-16-27-19-21(23)24-2/h3-19H2,1-2H3. The van der Waals surface area contributed by atoms with Crippen molar-refractivity contribution in [3.8, 4) is 0 Å². The Hall–Kier alpha value is -1.18. The van der Waals surface area contributed by atoms with Crippen LogP contribution in [0.5, 0.6) is 0 Å². The van der Waals surface area contributed by atoms with Crippen LogP contribution in [0.25, 0.3) is 0 Å². The van der Waals surface area contributed by atoms with Crippen LogP contribution < -0.4 is 0 Å². The first-order valence-corrected chi connectivity index (χ1v) is 10.7. The Morgan fingerprint density at radius 2 is 1.11 bits per heavy atom. The number of rotatable bonds is 21. The van der Waals surface area contributed by atoms with Gasteiger partial charge in [0.25, 0.3) is 0 Å². The summed E-state index contributed by atoms with van der Waals surface area (Å²) >= 11 is 0. The molecule has 7 nitrogen and oxygen atoms in total. The SMILES string of the molecule is CCCCCCCCCCCC(=O)OCCOCCOCCOCC(=O)OC. The molecule has 0 aromatic carbocycles. The van der Waals surface area contributed by atoms with Gasteiger partial charge in [0.05, 0.1) is 40.1 Å². The highest BCUT2D eigenvalue weighted by Gasteiger charge is 2.03. The van der Waals surface area contributed by atoms with Gasteiger partial charge in [-0.05, 0) is 6.42 Å². The molecule has 0 aromatic rings. The zero-order chi connectivity index (χ0) is 20.7. The number of esters is 2. The smallest absolute Gasteiger partial charge is 0.331 e. The summed E-state index contributed by atoms with van der Waals surface area (Å²) in [5, 5.41) is 0. The third-order valence-corrected chi connectivity index (χ3v) is 4.17. The van der Waals surface area contributed by atoms with Crippen molar-refractivity contribution >= 4 is 11.9 Å². The first-order valence-electron chi connectivity index (χ1n) is 10.7. The Balaban J connectivity index is 3.18. The summed E-state index contributed by atoms with van der Waals surface area (Å²) in [4.78, 5) is 22.4. The normalized spacial score (nSPS) is 10.8. The van der Waals surface area contributed by atoms with Crippen LogP contribution in [0.15, 0.2) is 0 Å². The molecule has 0 radical (unpaired) electrons. The molecule has 166 valence electrons. The molecule has 0 saturated carbocycles. The molecule has 0 saturated heterocycles. The van der Waals surface area contributed by atoms with E-state index in [1.165, 1.54) is 52.1 Å². The van der Waals surface area contributed by atoms with Crippen LogP contribution in [0.1, 0.15) is 71.1 Å². The maximum atomic E-state index is 11.6. The van der Waals surface area contributed by atoms with Gasteiger partial charge in [0.2, 0.25) is 0 Å². The lowest BCUT2D eigenvalue weighted by Gasteiger charge is -2.07. The summed E-state index contributed by atoms with van der Waals surface area (Å²) in [5.41, 5.74) is 0. The fraction of sp³-hybridized carbons (Fsp3) is 0.905. The van der Waals surface area contributed by atoms with Gasteiger partial charge in [-0.1, -0.05) is 58.3 Å². The van der Waals surface area contributed by atoms with Crippen molar-refractivity contribution in [3.63, 3.8) is 0 Å². The molecule has 0 unspecified atom stereocenters. The van der Waals surface area contributed by atoms with Gasteiger partial charge >= 0.3 is 11.9 Å². The zero-order valence-electron chi connectivity index (χ0n) is 17.9. The molecule has 0 bridgehead atoms. The van der Waals surface area contributed by atoms with Crippen LogP contribution in [0, 0.1) is 0 Å². The molecule has 0 spiro atoms. The molecule has 0 N–H and O–H groups in total. The number of ether oxygens (including phenoxy) is 5. The molecule has 0 amide bonds. The first kappa shape index (κ1) is 26.8. The van der Waals surface area contributed by atoms with Crippen molar-refractivity contribution in [3.05, 3.63) is 0 Å². The number of carbonyl (C=O) groups excluding carboxylic acids is 2. The number of hydrogen-bond donors (Lipinski definition) is 0. The Bertz CT molecular complexity index is 361. The molecular formula is C21H40O7. The van der Waals surface area contributed by atoms with Crippen molar-refractivity contribution in [2.45, 2.75) is 71.1 Å². The average Bonchev–Trinajstić information content (AvgIpc) is 2.70. The third kappa shape index (κ3) is 21.1. The van der Waals surface area contributed by atoms with Crippen LogP contribution in [-0.2, 0) is 33.3 Å². The summed E-state index contributed by atoms with van der Waals surface area (Å²) in [5.74, 6) is -0.554. The highest BCUT2D eigenvalue weighted by Crippen LogP contribution is 2.10. The minimum absolute atomic E-state index is 0.0687. The summed E-state index contributed by atoms with van der Waals surface area (Å²) in [7, 11) is 1.31. The molecule has 0 atom stereocenters. The molecule has 0 aromatic heterocycles. The highest BCUT2D eigenvalue weighted by molar-refractivity contribution is 5.70. The predicted octanol–water partition coefficient (Wildman–Crippen LogP) is 3.67. The van der Waals surface area contributed by atoms with E-state index in [-0.39, 0.29) is 19.2 Å². The van der Waals surface area contributed by atoms with E-state index in [0.717, 1.165) is 12.8 Å². The van der Waals surface area contributed by atoms with E-state index in [2.05, 4.69) is 11.7 Å². The minimum atomic E-state index is -0.407. The Morgan fingerprint density at radius 3 is 1.68 bits per heavy atom. The van der Waals surface area contributed by atoms with E-state index in [4.69, 9.17) is 18.9 Å². The molecule has 0 fully saturated rings. The quantitative estimate of drug-likeness (QED) is 0.213. The summed E-state index contributed by atoms with van der Waals surface area (Å²) < 4.78 is 25.2. The monoisotopic (exact) mass is 404 g/mol. The Labute approximate surface area is 170 Å². The second kappa shape index (κ2) is 22.1. The third-order valence-electron chi connectivity index (χ3n) is 4.17. The number of unbranched alkanes of at least 4 members (excludes halogenated alkanes) is 8. The molecule has 0 rings (SSSR count). The lowest BCUT2D eigenvalue weighted by Crippen LogP contribution is -2.15. The Kier molecular flexibility index (Phi) is 21.2. The Morgan fingerprint density at radius 1 is 0.607 bits per heavy atom. The van der Waals surface area contributed by atoms with E-state index in [9.17, 15) is 9.59 Å². The molecule has 0 aliphatic heterocycles. The maximum Gasteiger partial charge on any atom is 0.331 e. The molecule has 0 heterocycles. The van der Waals surface area contributed by atoms with Gasteiger partial charge in [0, 0.05) is 6.42 Å². The van der Waals surface area contributed by atoms with Gasteiger partial charge in [-0.25, -0.2) is 4.79 Å². The van der Waals surface area contributed by atoms with Gasteiger partial charge in [-0.15, -0.1) is 0 Å². The lowest BCUT2D eigenvalue weighted by molar-refractivity contribution is -0.146. The minimum Gasteiger partial charge on any atom is -0.467 e. The van der Waals surface area contributed by atoms with Crippen molar-refractivity contribution in [1.29, 1.82) is 0 Å². The molecule has 7 heteroatoms. The second-order valence-corrected chi connectivity index (χ2v) is 6.65. The van der Waals surface area contributed by atoms with E-state index in [1.54, 1.807) is 0 Å². The van der Waals surface area contributed by atoms with Gasteiger partial charge in [0.15, 0.2) is 0 Å². The average molecular weight is 405 g/mol. The van der Waals surface area contributed by atoms with Crippen molar-refractivity contribution in [1.82, 2.24) is 0 Å². The lowest BCUT2D eigenvalue weighted by atomic mass is 10.1. The predicted molar refractivity (Wildman–Crippen MR) is 107 cm³/mol. The number of carbonyl (C=O) groups is 2. The zero-order valence-corrected chi connectivity index (χ0v) is 17.9. The van der Waals surface area contributed by atoms with Gasteiger partial charge in [-0.3, -0.25) is 4.79 Å². The second-order valence-electron chi connectivity index (χ2n) is 6.65. The first-order chi connectivity index (χ1) is 13.7. The summed E-state index contributed by atoms with van der Waals surface area (Å²) in [6.45, 7) is 4.36. The fourth-order valence-electron chi connectivity index (χ4n) is 2.52. The van der Waals surface area contributed by atoms with Crippen LogP contribution in [-0.4, -0.2) is 65.3 Å².